The van der Waals surface area contributed by atoms with Crippen LogP contribution in [0.4, 0.5) is 4.39 Å². The average Bonchev–Trinajstić information content (AvgIpc) is 2.96. The second-order valence-electron chi connectivity index (χ2n) is 4.84. The molecule has 6 heteroatoms. The van der Waals surface area contributed by atoms with E-state index in [0.29, 0.717) is 31.0 Å². The van der Waals surface area contributed by atoms with Crippen LogP contribution < -0.4 is 5.32 Å². The van der Waals surface area contributed by atoms with Crippen molar-refractivity contribution in [2.24, 2.45) is 0 Å². The Kier molecular flexibility index (Phi) is 5.66. The Labute approximate surface area is 129 Å². The molecule has 0 unspecified atom stereocenters. The normalized spacial score (nSPS) is 10.7. The summed E-state index contributed by atoms with van der Waals surface area (Å²) in [5.74, 6) is -0.548. The minimum atomic E-state index is -0.313. The van der Waals surface area contributed by atoms with Gasteiger partial charge in [0.2, 0.25) is 0 Å². The Morgan fingerprint density at radius 1 is 1.41 bits per heavy atom. The monoisotopic (exact) mass is 305 g/mol. The summed E-state index contributed by atoms with van der Waals surface area (Å²) in [7, 11) is 1.62. The number of carbonyl (C=O) groups excluding carboxylic acids is 1. The predicted octanol–water partition coefficient (Wildman–Crippen LogP) is 2.48. The smallest absolute Gasteiger partial charge is 0.271 e. The van der Waals surface area contributed by atoms with Crippen molar-refractivity contribution in [2.45, 2.75) is 19.9 Å². The third-order valence-corrected chi connectivity index (χ3v) is 3.24. The Morgan fingerprint density at radius 3 is 2.91 bits per heavy atom. The number of benzene rings is 1. The Hall–Kier alpha value is -2.21. The van der Waals surface area contributed by atoms with E-state index in [-0.39, 0.29) is 11.7 Å². The quantitative estimate of drug-likeness (QED) is 0.800. The number of aryl methyl sites for hydroxylation is 1. The van der Waals surface area contributed by atoms with Crippen molar-refractivity contribution in [3.8, 4) is 11.3 Å². The number of hydrogen-bond donors (Lipinski definition) is 1. The maximum Gasteiger partial charge on any atom is 0.271 e. The number of halogens is 1. The van der Waals surface area contributed by atoms with E-state index in [1.807, 2.05) is 6.92 Å². The SMILES string of the molecule is CCn1nc(C(=O)NCCCOC)cc1-c1cccc(F)c1. The molecule has 0 aliphatic heterocycles. The number of methoxy groups -OCH3 is 1. The summed E-state index contributed by atoms with van der Waals surface area (Å²) in [4.78, 5) is 12.1. The Balaban J connectivity index is 2.16. The molecule has 1 aromatic carbocycles. The Morgan fingerprint density at radius 2 is 2.23 bits per heavy atom. The molecule has 0 saturated heterocycles. The molecular formula is C16H20FN3O2. The van der Waals surface area contributed by atoms with Gasteiger partial charge in [0.05, 0.1) is 5.69 Å². The summed E-state index contributed by atoms with van der Waals surface area (Å²) in [5, 5.41) is 7.08. The van der Waals surface area contributed by atoms with E-state index in [4.69, 9.17) is 4.74 Å². The van der Waals surface area contributed by atoms with Crippen molar-refractivity contribution in [2.75, 3.05) is 20.3 Å². The number of carbonyl (C=O) groups is 1. The molecular weight excluding hydrogens is 285 g/mol. The Bertz CT molecular complexity index is 640. The molecule has 2 aromatic rings. The number of nitrogens with one attached hydrogen (secondary N) is 1. The fourth-order valence-electron chi connectivity index (χ4n) is 2.16. The van der Waals surface area contributed by atoms with Crippen LogP contribution in [0.25, 0.3) is 11.3 Å². The zero-order valence-corrected chi connectivity index (χ0v) is 12.8. The summed E-state index contributed by atoms with van der Waals surface area (Å²) in [6, 6.07) is 7.95. The molecule has 2 rings (SSSR count). The van der Waals surface area contributed by atoms with Crippen LogP contribution in [0.2, 0.25) is 0 Å². The second kappa shape index (κ2) is 7.70. The van der Waals surface area contributed by atoms with Crippen LogP contribution in [-0.2, 0) is 11.3 Å². The highest BCUT2D eigenvalue weighted by molar-refractivity contribution is 5.93. The van der Waals surface area contributed by atoms with E-state index in [1.54, 1.807) is 30.0 Å². The van der Waals surface area contributed by atoms with Crippen molar-refractivity contribution < 1.29 is 13.9 Å². The van der Waals surface area contributed by atoms with E-state index in [9.17, 15) is 9.18 Å². The van der Waals surface area contributed by atoms with Gasteiger partial charge in [-0.2, -0.15) is 5.10 Å². The summed E-state index contributed by atoms with van der Waals surface area (Å²) in [6.45, 7) is 3.65. The van der Waals surface area contributed by atoms with Gasteiger partial charge >= 0.3 is 0 Å². The topological polar surface area (TPSA) is 56.2 Å². The van der Waals surface area contributed by atoms with Crippen molar-refractivity contribution in [3.05, 3.63) is 41.8 Å². The van der Waals surface area contributed by atoms with Gasteiger partial charge in [0.1, 0.15) is 5.82 Å². The van der Waals surface area contributed by atoms with Crippen LogP contribution in [0.1, 0.15) is 23.8 Å². The molecule has 5 nitrogen and oxygen atoms in total. The molecule has 0 bridgehead atoms. The van der Waals surface area contributed by atoms with Gasteiger partial charge in [-0.3, -0.25) is 9.48 Å². The zero-order valence-electron chi connectivity index (χ0n) is 12.8. The largest absolute Gasteiger partial charge is 0.385 e. The molecule has 1 amide bonds. The maximum atomic E-state index is 13.4. The summed E-state index contributed by atoms with van der Waals surface area (Å²) < 4.78 is 20.0. The first-order valence-electron chi connectivity index (χ1n) is 7.26. The fraction of sp³-hybridized carbons (Fsp3) is 0.375. The third-order valence-electron chi connectivity index (χ3n) is 3.24. The summed E-state index contributed by atoms with van der Waals surface area (Å²) in [6.07, 6.45) is 0.744. The molecule has 1 aromatic heterocycles. The number of aromatic nitrogens is 2. The molecule has 1 heterocycles. The van der Waals surface area contributed by atoms with Crippen LogP contribution in [0, 0.1) is 5.82 Å². The molecule has 0 saturated carbocycles. The highest BCUT2D eigenvalue weighted by atomic mass is 19.1. The summed E-state index contributed by atoms with van der Waals surface area (Å²) in [5.41, 5.74) is 1.76. The van der Waals surface area contributed by atoms with Gasteiger partial charge in [-0.1, -0.05) is 12.1 Å². The van der Waals surface area contributed by atoms with Gasteiger partial charge in [-0.25, -0.2) is 4.39 Å². The number of rotatable bonds is 7. The highest BCUT2D eigenvalue weighted by Crippen LogP contribution is 2.21. The fourth-order valence-corrected chi connectivity index (χ4v) is 2.16. The highest BCUT2D eigenvalue weighted by Gasteiger charge is 2.14. The standard InChI is InChI=1S/C16H20FN3O2/c1-3-20-15(12-6-4-7-13(17)10-12)11-14(19-20)16(21)18-8-5-9-22-2/h4,6-7,10-11H,3,5,8-9H2,1-2H3,(H,18,21). The van der Waals surface area contributed by atoms with Crippen molar-refractivity contribution in [1.29, 1.82) is 0 Å². The van der Waals surface area contributed by atoms with Gasteiger partial charge in [-0.05, 0) is 31.5 Å². The lowest BCUT2D eigenvalue weighted by Gasteiger charge is -2.04. The lowest BCUT2D eigenvalue weighted by molar-refractivity contribution is 0.0943. The first kappa shape index (κ1) is 16.2. The van der Waals surface area contributed by atoms with Crippen molar-refractivity contribution in [1.82, 2.24) is 15.1 Å². The van der Waals surface area contributed by atoms with E-state index in [2.05, 4.69) is 10.4 Å². The lowest BCUT2D eigenvalue weighted by atomic mass is 10.1. The molecule has 0 spiro atoms. The molecule has 0 atom stereocenters. The average molecular weight is 305 g/mol. The first-order valence-corrected chi connectivity index (χ1v) is 7.26. The molecule has 0 aliphatic carbocycles. The van der Waals surface area contributed by atoms with E-state index < -0.39 is 0 Å². The van der Waals surface area contributed by atoms with E-state index in [1.165, 1.54) is 12.1 Å². The molecule has 118 valence electrons. The second-order valence-corrected chi connectivity index (χ2v) is 4.84. The van der Waals surface area contributed by atoms with Gasteiger partial charge in [-0.15, -0.1) is 0 Å². The first-order chi connectivity index (χ1) is 10.7. The third kappa shape index (κ3) is 3.92. The minimum Gasteiger partial charge on any atom is -0.385 e. The van der Waals surface area contributed by atoms with Crippen LogP contribution in [0.15, 0.2) is 30.3 Å². The number of hydrogen-bond acceptors (Lipinski definition) is 3. The van der Waals surface area contributed by atoms with Gasteiger partial charge in [0, 0.05) is 32.4 Å². The van der Waals surface area contributed by atoms with Gasteiger partial charge < -0.3 is 10.1 Å². The predicted molar refractivity (Wildman–Crippen MR) is 82.1 cm³/mol. The van der Waals surface area contributed by atoms with Crippen molar-refractivity contribution >= 4 is 5.91 Å². The molecule has 0 aliphatic rings. The van der Waals surface area contributed by atoms with Crippen LogP contribution in [0.3, 0.4) is 0 Å². The lowest BCUT2D eigenvalue weighted by Crippen LogP contribution is -2.25. The molecule has 0 fully saturated rings. The summed E-state index contributed by atoms with van der Waals surface area (Å²) >= 11 is 0. The molecule has 1 N–H and O–H groups in total. The van der Waals surface area contributed by atoms with Gasteiger partial charge in [0.15, 0.2) is 5.69 Å². The maximum absolute atomic E-state index is 13.4. The number of nitrogens with zero attached hydrogens (tertiary/aromatic N) is 2. The molecule has 22 heavy (non-hydrogen) atoms. The van der Waals surface area contributed by atoms with E-state index in [0.717, 1.165) is 12.1 Å². The molecule has 0 radical (unpaired) electrons. The number of ether oxygens (including phenoxy) is 1. The van der Waals surface area contributed by atoms with E-state index >= 15 is 0 Å². The van der Waals surface area contributed by atoms with Crippen LogP contribution in [-0.4, -0.2) is 35.9 Å². The van der Waals surface area contributed by atoms with Gasteiger partial charge in [0.25, 0.3) is 5.91 Å². The minimum absolute atomic E-state index is 0.235. The van der Waals surface area contributed by atoms with Crippen molar-refractivity contribution in [3.63, 3.8) is 0 Å². The van der Waals surface area contributed by atoms with Crippen LogP contribution >= 0.6 is 0 Å². The number of amides is 1. The van der Waals surface area contributed by atoms with Crippen LogP contribution in [0.5, 0.6) is 0 Å². The zero-order chi connectivity index (χ0) is 15.9.